The van der Waals surface area contributed by atoms with Crippen molar-refractivity contribution in [3.63, 3.8) is 0 Å². The molecule has 2 aliphatic carbocycles. The van der Waals surface area contributed by atoms with Gasteiger partial charge in [-0.1, -0.05) is 29.8 Å². The Morgan fingerprint density at radius 1 is 1.05 bits per heavy atom. The van der Waals surface area contributed by atoms with Crippen LogP contribution in [0.4, 0.5) is 0 Å². The molecule has 4 rings (SSSR count). The monoisotopic (exact) mass is 320 g/mol. The van der Waals surface area contributed by atoms with Gasteiger partial charge in [0.1, 0.15) is 6.10 Å². The first kappa shape index (κ1) is 14.4. The smallest absolute Gasteiger partial charge is 0.182 e. The van der Waals surface area contributed by atoms with Gasteiger partial charge in [0.05, 0.1) is 16.2 Å². The third-order valence-corrected chi connectivity index (χ3v) is 7.11. The second kappa shape index (κ2) is 4.43. The molecule has 118 valence electrons. The van der Waals surface area contributed by atoms with E-state index in [-0.39, 0.29) is 29.3 Å². The number of sulfone groups is 1. The highest BCUT2D eigenvalue weighted by Crippen LogP contribution is 2.56. The summed E-state index contributed by atoms with van der Waals surface area (Å²) in [5, 5.41) is -0.390. The van der Waals surface area contributed by atoms with Gasteiger partial charge in [-0.25, -0.2) is 8.42 Å². The first-order valence-electron chi connectivity index (χ1n) is 7.64. The highest BCUT2D eigenvalue weighted by atomic mass is 32.2. The van der Waals surface area contributed by atoms with Crippen molar-refractivity contribution in [2.45, 2.75) is 48.9 Å². The largest absolute Gasteiger partial charge is 0.344 e. The molecule has 1 aromatic rings. The molecular weight excluding hydrogens is 300 g/mol. The lowest BCUT2D eigenvalue weighted by molar-refractivity contribution is -0.144. The predicted molar refractivity (Wildman–Crippen MR) is 82.1 cm³/mol. The van der Waals surface area contributed by atoms with Crippen molar-refractivity contribution in [3.05, 3.63) is 42.0 Å². The van der Waals surface area contributed by atoms with Crippen LogP contribution >= 0.6 is 0 Å². The lowest BCUT2D eigenvalue weighted by atomic mass is 10.0. The zero-order valence-electron chi connectivity index (χ0n) is 12.9. The number of allylic oxidation sites excluding steroid dienone is 1. The van der Waals surface area contributed by atoms with E-state index < -0.39 is 15.6 Å². The Kier molecular flexibility index (Phi) is 2.91. The average molecular weight is 320 g/mol. The second-order valence-electron chi connectivity index (χ2n) is 6.93. The van der Waals surface area contributed by atoms with Gasteiger partial charge in [0.2, 0.25) is 0 Å². The summed E-state index contributed by atoms with van der Waals surface area (Å²) in [6.07, 6.45) is 3.67. The van der Waals surface area contributed by atoms with E-state index in [1.54, 1.807) is 12.1 Å². The first-order chi connectivity index (χ1) is 10.3. The lowest BCUT2D eigenvalue weighted by Gasteiger charge is -2.17. The van der Waals surface area contributed by atoms with E-state index in [1.165, 1.54) is 0 Å². The van der Waals surface area contributed by atoms with Crippen molar-refractivity contribution < 1.29 is 17.9 Å². The summed E-state index contributed by atoms with van der Waals surface area (Å²) < 4.78 is 37.6. The van der Waals surface area contributed by atoms with E-state index in [1.807, 2.05) is 45.1 Å². The molecule has 1 aliphatic heterocycles. The minimum atomic E-state index is -3.33. The Hall–Kier alpha value is -1.17. The van der Waals surface area contributed by atoms with Crippen LogP contribution in [0.5, 0.6) is 0 Å². The molecule has 0 amide bonds. The Labute approximate surface area is 131 Å². The third-order valence-electron chi connectivity index (χ3n) is 4.84. The van der Waals surface area contributed by atoms with E-state index in [9.17, 15) is 8.42 Å². The van der Waals surface area contributed by atoms with Gasteiger partial charge >= 0.3 is 0 Å². The molecule has 0 bridgehead atoms. The SMILES string of the molecule is Cc1ccc(S(=O)(=O)C2[C@H]3[C@@H]4OC(C)(C)O[C@@H]4C=C[C@@H]23)cc1. The molecule has 1 saturated carbocycles. The number of fused-ring (bicyclic) bond motifs is 3. The van der Waals surface area contributed by atoms with E-state index >= 15 is 0 Å². The number of hydrogen-bond donors (Lipinski definition) is 0. The molecule has 2 fully saturated rings. The maximum absolute atomic E-state index is 12.9. The number of benzene rings is 1. The van der Waals surface area contributed by atoms with Crippen LogP contribution in [0.25, 0.3) is 0 Å². The topological polar surface area (TPSA) is 52.6 Å². The van der Waals surface area contributed by atoms with Crippen LogP contribution in [-0.2, 0) is 19.3 Å². The van der Waals surface area contributed by atoms with Crippen LogP contribution in [0.15, 0.2) is 41.3 Å². The molecule has 0 aromatic heterocycles. The lowest BCUT2D eigenvalue weighted by Crippen LogP contribution is -2.27. The van der Waals surface area contributed by atoms with Crippen molar-refractivity contribution in [1.29, 1.82) is 0 Å². The molecular formula is C17H20O4S. The number of hydrogen-bond acceptors (Lipinski definition) is 4. The van der Waals surface area contributed by atoms with Gasteiger partial charge < -0.3 is 9.47 Å². The molecule has 0 N–H and O–H groups in total. The maximum atomic E-state index is 12.9. The maximum Gasteiger partial charge on any atom is 0.182 e. The number of ether oxygens (including phenoxy) is 2. The van der Waals surface area contributed by atoms with Crippen molar-refractivity contribution >= 4 is 9.84 Å². The van der Waals surface area contributed by atoms with Gasteiger partial charge in [-0.05, 0) is 32.9 Å². The zero-order chi connectivity index (χ0) is 15.7. The van der Waals surface area contributed by atoms with E-state index in [2.05, 4.69) is 0 Å². The molecule has 4 nitrogen and oxygen atoms in total. The predicted octanol–water partition coefficient (Wildman–Crippen LogP) is 2.47. The third kappa shape index (κ3) is 2.07. The summed E-state index contributed by atoms with van der Waals surface area (Å²) in [7, 11) is -3.33. The number of aryl methyl sites for hydroxylation is 1. The fraction of sp³-hybridized carbons (Fsp3) is 0.529. The number of rotatable bonds is 2. The Bertz CT molecular complexity index is 732. The minimum absolute atomic E-state index is 0.00285. The average Bonchev–Trinajstić information content (AvgIpc) is 3.09. The van der Waals surface area contributed by atoms with Crippen LogP contribution < -0.4 is 0 Å². The van der Waals surface area contributed by atoms with Gasteiger partial charge in [-0.3, -0.25) is 0 Å². The van der Waals surface area contributed by atoms with E-state index in [0.717, 1.165) is 5.56 Å². The molecule has 3 aliphatic rings. The molecule has 5 heteroatoms. The van der Waals surface area contributed by atoms with Gasteiger partial charge in [0.25, 0.3) is 0 Å². The van der Waals surface area contributed by atoms with Crippen molar-refractivity contribution in [1.82, 2.24) is 0 Å². The van der Waals surface area contributed by atoms with Crippen molar-refractivity contribution in [3.8, 4) is 0 Å². The van der Waals surface area contributed by atoms with Gasteiger partial charge in [0.15, 0.2) is 15.6 Å². The molecule has 5 atom stereocenters. The van der Waals surface area contributed by atoms with Gasteiger partial charge in [-0.15, -0.1) is 0 Å². The molecule has 1 saturated heterocycles. The van der Waals surface area contributed by atoms with Gasteiger partial charge in [0, 0.05) is 11.8 Å². The molecule has 1 heterocycles. The highest BCUT2D eigenvalue weighted by molar-refractivity contribution is 7.92. The van der Waals surface area contributed by atoms with Crippen LogP contribution in [0, 0.1) is 18.8 Å². The van der Waals surface area contributed by atoms with Crippen LogP contribution in [-0.4, -0.2) is 31.7 Å². The van der Waals surface area contributed by atoms with Crippen LogP contribution in [0.2, 0.25) is 0 Å². The molecule has 0 radical (unpaired) electrons. The molecule has 1 aromatic carbocycles. The van der Waals surface area contributed by atoms with E-state index in [4.69, 9.17) is 9.47 Å². The van der Waals surface area contributed by atoms with Gasteiger partial charge in [-0.2, -0.15) is 0 Å². The summed E-state index contributed by atoms with van der Waals surface area (Å²) in [5.41, 5.74) is 1.06. The quantitative estimate of drug-likeness (QED) is 0.786. The summed E-state index contributed by atoms with van der Waals surface area (Å²) in [5.74, 6) is -0.594. The molecule has 22 heavy (non-hydrogen) atoms. The van der Waals surface area contributed by atoms with Crippen molar-refractivity contribution in [2.24, 2.45) is 11.8 Å². The highest BCUT2D eigenvalue weighted by Gasteiger charge is 2.66. The minimum Gasteiger partial charge on any atom is -0.344 e. The fourth-order valence-electron chi connectivity index (χ4n) is 3.77. The molecule has 1 unspecified atom stereocenters. The fourth-order valence-corrected chi connectivity index (χ4v) is 5.95. The first-order valence-corrected chi connectivity index (χ1v) is 9.19. The second-order valence-corrected chi connectivity index (χ2v) is 9.03. The summed E-state index contributed by atoms with van der Waals surface area (Å²) in [6, 6.07) is 7.09. The normalized spacial score (nSPS) is 38.4. The Balaban J connectivity index is 1.64. The molecule has 0 spiro atoms. The summed E-state index contributed by atoms with van der Waals surface area (Å²) in [6.45, 7) is 5.70. The van der Waals surface area contributed by atoms with E-state index in [0.29, 0.717) is 4.90 Å². The van der Waals surface area contributed by atoms with Crippen LogP contribution in [0.1, 0.15) is 19.4 Å². The Morgan fingerprint density at radius 3 is 2.41 bits per heavy atom. The Morgan fingerprint density at radius 2 is 1.73 bits per heavy atom. The summed E-state index contributed by atoms with van der Waals surface area (Å²) >= 11 is 0. The van der Waals surface area contributed by atoms with Crippen molar-refractivity contribution in [2.75, 3.05) is 0 Å². The zero-order valence-corrected chi connectivity index (χ0v) is 13.7. The standard InChI is InChI=1S/C17H20O4S/c1-10-4-6-11(7-5-10)22(18,19)16-12-8-9-13-15(14(12)16)21-17(2,3)20-13/h4-9,12-16H,1-3H3/t12-,13-,14-,15-,16?/m1/s1. The summed E-state index contributed by atoms with van der Waals surface area (Å²) in [4.78, 5) is 0.403. The van der Waals surface area contributed by atoms with Crippen LogP contribution in [0.3, 0.4) is 0 Å².